The molecule has 0 atom stereocenters. The van der Waals surface area contributed by atoms with Crippen LogP contribution in [-0.2, 0) is 14.2 Å². The molecule has 0 aliphatic rings. The lowest BCUT2D eigenvalue weighted by atomic mass is 10.2. The third-order valence-corrected chi connectivity index (χ3v) is 6.89. The van der Waals surface area contributed by atoms with Crippen molar-refractivity contribution in [1.82, 2.24) is 44.7 Å². The number of aromatic nitrogens is 9. The molecular formula is C39H45ClN12O10. The van der Waals surface area contributed by atoms with E-state index in [4.69, 9.17) is 31.5 Å². The maximum absolute atomic E-state index is 11.8. The first-order valence-electron chi connectivity index (χ1n) is 18.2. The van der Waals surface area contributed by atoms with Crippen molar-refractivity contribution in [2.75, 3.05) is 5.73 Å². The van der Waals surface area contributed by atoms with Gasteiger partial charge in [-0.1, -0.05) is 11.6 Å². The summed E-state index contributed by atoms with van der Waals surface area (Å²) in [5.41, 5.74) is 5.03. The van der Waals surface area contributed by atoms with Crippen molar-refractivity contribution in [1.29, 1.82) is 0 Å². The minimum absolute atomic E-state index is 0.00926. The number of carbonyl (C=O) groups is 3. The minimum Gasteiger partial charge on any atom is -0.456 e. The van der Waals surface area contributed by atoms with Gasteiger partial charge in [-0.05, 0) is 104 Å². The van der Waals surface area contributed by atoms with E-state index < -0.39 is 38.6 Å². The van der Waals surface area contributed by atoms with E-state index in [0.717, 1.165) is 6.20 Å². The molecule has 0 fully saturated rings. The molecule has 0 aliphatic heterocycles. The van der Waals surface area contributed by atoms with Gasteiger partial charge < -0.3 is 30.1 Å². The van der Waals surface area contributed by atoms with Crippen molar-refractivity contribution in [3.05, 3.63) is 134 Å². The number of ether oxygens (including phenoxy) is 3. The SMILES string of the molecule is CC(C)(C)OC(=O)c1ccc(-n2ccc(N)n2)nc1.CC(C)(C)OC(=O)c1ccc(-n2ccc([N+](=O)[O-])n2)nc1.CC(C)(C)OC(=O)c1ccc(Cl)nc1.O=[N+]([O-])c1cn[nH]c1. The lowest BCUT2D eigenvalue weighted by molar-refractivity contribution is -0.389. The molecule has 328 valence electrons. The Morgan fingerprint density at radius 1 is 0.629 bits per heavy atom. The van der Waals surface area contributed by atoms with Crippen LogP contribution >= 0.6 is 11.6 Å². The number of hydrogen-bond donors (Lipinski definition) is 2. The average molecular weight is 877 g/mol. The number of rotatable bonds is 7. The van der Waals surface area contributed by atoms with Crippen molar-refractivity contribution in [2.45, 2.75) is 79.1 Å². The monoisotopic (exact) mass is 876 g/mol. The van der Waals surface area contributed by atoms with Gasteiger partial charge in [0, 0.05) is 30.9 Å². The van der Waals surface area contributed by atoms with Crippen LogP contribution in [0.3, 0.4) is 0 Å². The quantitative estimate of drug-likeness (QED) is 0.0539. The number of hydrogen-bond acceptors (Lipinski definition) is 17. The van der Waals surface area contributed by atoms with E-state index in [1.807, 2.05) is 41.5 Å². The van der Waals surface area contributed by atoms with Crippen LogP contribution in [0.4, 0.5) is 17.3 Å². The van der Waals surface area contributed by atoms with Crippen molar-refractivity contribution >= 4 is 46.8 Å². The number of nitrogens with one attached hydrogen (secondary N) is 1. The number of anilines is 1. The van der Waals surface area contributed by atoms with Crippen LogP contribution < -0.4 is 5.73 Å². The van der Waals surface area contributed by atoms with Crippen molar-refractivity contribution in [3.8, 4) is 11.6 Å². The Bertz CT molecular complexity index is 2410. The highest BCUT2D eigenvalue weighted by atomic mass is 35.5. The van der Waals surface area contributed by atoms with Gasteiger partial charge in [-0.25, -0.2) is 34.0 Å². The summed E-state index contributed by atoms with van der Waals surface area (Å²) in [6, 6.07) is 12.5. The molecule has 0 spiro atoms. The molecule has 0 amide bonds. The van der Waals surface area contributed by atoms with Crippen molar-refractivity contribution < 1.29 is 38.4 Å². The maximum atomic E-state index is 11.8. The first-order chi connectivity index (χ1) is 28.8. The summed E-state index contributed by atoms with van der Waals surface area (Å²) in [5, 5.41) is 34.2. The molecule has 0 radical (unpaired) electrons. The van der Waals surface area contributed by atoms with Crippen LogP contribution in [0.15, 0.2) is 91.9 Å². The Morgan fingerprint density at radius 3 is 1.35 bits per heavy atom. The molecule has 6 heterocycles. The second kappa shape index (κ2) is 21.1. The zero-order chi connectivity index (χ0) is 46.4. The number of nitrogens with two attached hydrogens (primary N) is 1. The molecule has 0 aliphatic carbocycles. The van der Waals surface area contributed by atoms with Crippen LogP contribution in [0.25, 0.3) is 11.6 Å². The third kappa shape index (κ3) is 16.9. The molecule has 0 aromatic carbocycles. The summed E-state index contributed by atoms with van der Waals surface area (Å²) < 4.78 is 18.4. The van der Waals surface area contributed by atoms with Gasteiger partial charge in [0.15, 0.2) is 11.6 Å². The normalized spacial score (nSPS) is 10.9. The van der Waals surface area contributed by atoms with E-state index in [9.17, 15) is 34.6 Å². The van der Waals surface area contributed by atoms with E-state index in [-0.39, 0.29) is 17.5 Å². The lowest BCUT2D eigenvalue weighted by Gasteiger charge is -2.19. The molecule has 23 heteroatoms. The zero-order valence-electron chi connectivity index (χ0n) is 35.2. The highest BCUT2D eigenvalue weighted by Crippen LogP contribution is 2.16. The fraction of sp³-hybridized carbons (Fsp3) is 0.308. The van der Waals surface area contributed by atoms with Crippen LogP contribution in [0.1, 0.15) is 93.4 Å². The molecule has 0 saturated heterocycles. The second-order valence-corrected chi connectivity index (χ2v) is 15.8. The van der Waals surface area contributed by atoms with E-state index in [2.05, 4.69) is 35.3 Å². The number of pyridine rings is 3. The number of carbonyl (C=O) groups excluding carboxylic acids is 3. The number of nitrogen functional groups attached to an aromatic ring is 1. The van der Waals surface area contributed by atoms with Gasteiger partial charge in [0.2, 0.25) is 0 Å². The van der Waals surface area contributed by atoms with Crippen molar-refractivity contribution in [3.63, 3.8) is 0 Å². The summed E-state index contributed by atoms with van der Waals surface area (Å²) in [6.45, 7) is 16.2. The number of nitro groups is 2. The predicted molar refractivity (Wildman–Crippen MR) is 224 cm³/mol. The maximum Gasteiger partial charge on any atom is 0.390 e. The molecule has 62 heavy (non-hydrogen) atoms. The van der Waals surface area contributed by atoms with Crippen LogP contribution in [0.2, 0.25) is 5.15 Å². The Morgan fingerprint density at radius 2 is 1.06 bits per heavy atom. The summed E-state index contributed by atoms with van der Waals surface area (Å²) in [6.07, 6.45) is 9.70. The molecule has 0 bridgehead atoms. The summed E-state index contributed by atoms with van der Waals surface area (Å²) in [5.74, 6) is -0.161. The molecule has 6 aromatic heterocycles. The fourth-order valence-corrected chi connectivity index (χ4v) is 4.25. The summed E-state index contributed by atoms with van der Waals surface area (Å²) >= 11 is 5.59. The molecule has 22 nitrogen and oxygen atoms in total. The Balaban J connectivity index is 0.000000231. The third-order valence-electron chi connectivity index (χ3n) is 6.66. The lowest BCUT2D eigenvalue weighted by Crippen LogP contribution is -2.24. The molecule has 6 rings (SSSR count). The van der Waals surface area contributed by atoms with E-state index in [1.165, 1.54) is 58.5 Å². The van der Waals surface area contributed by atoms with E-state index in [0.29, 0.717) is 39.3 Å². The van der Waals surface area contributed by atoms with Gasteiger partial charge in [-0.15, -0.1) is 9.78 Å². The number of esters is 3. The zero-order valence-corrected chi connectivity index (χ0v) is 35.9. The van der Waals surface area contributed by atoms with Gasteiger partial charge in [0.1, 0.15) is 34.0 Å². The highest BCUT2D eigenvalue weighted by Gasteiger charge is 2.21. The molecule has 0 unspecified atom stereocenters. The first-order valence-corrected chi connectivity index (χ1v) is 18.6. The first kappa shape index (κ1) is 48.7. The van der Waals surface area contributed by atoms with Gasteiger partial charge in [0.05, 0.1) is 45.2 Å². The number of halogens is 1. The molecule has 3 N–H and O–H groups in total. The van der Waals surface area contributed by atoms with E-state index >= 15 is 0 Å². The second-order valence-electron chi connectivity index (χ2n) is 15.5. The van der Waals surface area contributed by atoms with E-state index in [1.54, 1.807) is 57.3 Å². The van der Waals surface area contributed by atoms with Gasteiger partial charge >= 0.3 is 29.4 Å². The Kier molecular flexibility index (Phi) is 16.6. The Hall–Kier alpha value is -7.62. The topological polar surface area (TPSA) is 294 Å². The fourth-order valence-electron chi connectivity index (χ4n) is 4.14. The minimum atomic E-state index is -0.592. The largest absolute Gasteiger partial charge is 0.456 e. The molecule has 6 aromatic rings. The average Bonchev–Trinajstić information content (AvgIpc) is 3.98. The summed E-state index contributed by atoms with van der Waals surface area (Å²) in [7, 11) is 0. The van der Waals surface area contributed by atoms with Gasteiger partial charge in [-0.3, -0.25) is 15.2 Å². The predicted octanol–water partition coefficient (Wildman–Crippen LogP) is 6.94. The molecule has 0 saturated carbocycles. The van der Waals surface area contributed by atoms with Crippen LogP contribution in [0, 0.1) is 20.2 Å². The van der Waals surface area contributed by atoms with Crippen LogP contribution in [0.5, 0.6) is 0 Å². The van der Waals surface area contributed by atoms with Crippen LogP contribution in [-0.4, -0.2) is 89.3 Å². The van der Waals surface area contributed by atoms with Gasteiger partial charge in [0.25, 0.3) is 0 Å². The summed E-state index contributed by atoms with van der Waals surface area (Å²) in [4.78, 5) is 66.4. The molecular weight excluding hydrogens is 832 g/mol. The Labute approximate surface area is 359 Å². The van der Waals surface area contributed by atoms with Gasteiger partial charge in [-0.2, -0.15) is 5.10 Å². The smallest absolute Gasteiger partial charge is 0.390 e. The number of aromatic amines is 1. The number of H-pyrrole nitrogens is 1. The standard InChI is InChI=1S/C13H14N4O4.C13H16N4O2.C10H12ClNO2.C3H3N3O2/c1-13(2,3)21-12(18)9-4-5-10(14-8-9)16-7-6-11(15-16)17(19)20;1-13(2,3)19-12(18)9-4-5-11(15-8-9)17-7-6-10(14)16-17;1-10(2,3)14-9(13)7-4-5-8(11)12-6-7;7-6(8)3-1-4-5-2-3/h4-8H,1-3H3;4-8H,1-3H3,(H2,14,16);4-6H,1-3H3;1-2H,(H,4,5). The highest BCUT2D eigenvalue weighted by molar-refractivity contribution is 6.29. The van der Waals surface area contributed by atoms with Crippen molar-refractivity contribution in [2.24, 2.45) is 0 Å². The number of nitrogens with zero attached hydrogens (tertiary/aromatic N) is 10.